The number of carbonyl (C=O) groups is 1. The van der Waals surface area contributed by atoms with E-state index in [0.29, 0.717) is 18.4 Å². The minimum absolute atomic E-state index is 0.0515. The van der Waals surface area contributed by atoms with Gasteiger partial charge in [-0.3, -0.25) is 9.69 Å². The van der Waals surface area contributed by atoms with Gasteiger partial charge in [0, 0.05) is 6.54 Å². The molecule has 14 heavy (non-hydrogen) atoms. The highest BCUT2D eigenvalue weighted by molar-refractivity contribution is 5.79. The lowest BCUT2D eigenvalue weighted by molar-refractivity contribution is -0.130. The standard InChI is InChI=1S/C11H22N2O/c1-8(2)11(9(3)4)7-13(5)6-10(14)12-11/h8-9H,6-7H2,1-5H3,(H,12,14). The predicted molar refractivity (Wildman–Crippen MR) is 58.0 cm³/mol. The Kier molecular flexibility index (Phi) is 3.20. The van der Waals surface area contributed by atoms with E-state index in [0.717, 1.165) is 6.54 Å². The van der Waals surface area contributed by atoms with Crippen LogP contribution in [0, 0.1) is 11.8 Å². The van der Waals surface area contributed by atoms with E-state index in [1.54, 1.807) is 0 Å². The van der Waals surface area contributed by atoms with Crippen LogP contribution in [0.4, 0.5) is 0 Å². The average Bonchev–Trinajstić information content (AvgIpc) is 2.01. The third-order valence-electron chi connectivity index (χ3n) is 3.38. The van der Waals surface area contributed by atoms with Crippen LogP contribution in [0.3, 0.4) is 0 Å². The van der Waals surface area contributed by atoms with Crippen LogP contribution in [0.15, 0.2) is 0 Å². The highest BCUT2D eigenvalue weighted by Crippen LogP contribution is 2.29. The molecule has 0 atom stereocenters. The molecule has 0 aliphatic carbocycles. The number of hydrogen-bond donors (Lipinski definition) is 1. The van der Waals surface area contributed by atoms with Gasteiger partial charge in [-0.15, -0.1) is 0 Å². The number of amides is 1. The first kappa shape index (κ1) is 11.5. The molecule has 0 aromatic heterocycles. The SMILES string of the molecule is CC(C)C1(C(C)C)CN(C)CC(=O)N1. The normalized spacial score (nSPS) is 22.9. The molecule has 1 saturated heterocycles. The summed E-state index contributed by atoms with van der Waals surface area (Å²) in [6.07, 6.45) is 0. The van der Waals surface area contributed by atoms with Crippen molar-refractivity contribution >= 4 is 5.91 Å². The fourth-order valence-corrected chi connectivity index (χ4v) is 2.41. The summed E-state index contributed by atoms with van der Waals surface area (Å²) >= 11 is 0. The molecule has 1 fully saturated rings. The number of likely N-dealkylation sites (N-methyl/N-ethyl adjacent to an activating group) is 1. The zero-order valence-electron chi connectivity index (χ0n) is 9.92. The average molecular weight is 198 g/mol. The van der Waals surface area contributed by atoms with E-state index >= 15 is 0 Å². The van der Waals surface area contributed by atoms with Crippen LogP contribution in [0.1, 0.15) is 27.7 Å². The van der Waals surface area contributed by atoms with E-state index in [1.807, 2.05) is 7.05 Å². The second-order valence-electron chi connectivity index (χ2n) is 5.07. The van der Waals surface area contributed by atoms with Crippen molar-refractivity contribution in [3.63, 3.8) is 0 Å². The Balaban J connectivity index is 2.91. The van der Waals surface area contributed by atoms with E-state index in [2.05, 4.69) is 37.9 Å². The Morgan fingerprint density at radius 1 is 1.29 bits per heavy atom. The summed E-state index contributed by atoms with van der Waals surface area (Å²) in [5.74, 6) is 1.09. The minimum atomic E-state index is -0.0515. The van der Waals surface area contributed by atoms with Crippen molar-refractivity contribution in [2.24, 2.45) is 11.8 Å². The van der Waals surface area contributed by atoms with Gasteiger partial charge in [-0.25, -0.2) is 0 Å². The van der Waals surface area contributed by atoms with E-state index in [-0.39, 0.29) is 11.4 Å². The van der Waals surface area contributed by atoms with Gasteiger partial charge in [0.25, 0.3) is 0 Å². The van der Waals surface area contributed by atoms with Crippen molar-refractivity contribution in [1.29, 1.82) is 0 Å². The summed E-state index contributed by atoms with van der Waals surface area (Å²) in [6, 6.07) is 0. The molecule has 0 saturated carbocycles. The van der Waals surface area contributed by atoms with Gasteiger partial charge >= 0.3 is 0 Å². The number of nitrogens with zero attached hydrogens (tertiary/aromatic N) is 1. The molecular formula is C11H22N2O. The van der Waals surface area contributed by atoms with Crippen LogP contribution in [0.25, 0.3) is 0 Å². The number of piperazine rings is 1. The maximum atomic E-state index is 11.5. The molecule has 1 rings (SSSR count). The summed E-state index contributed by atoms with van der Waals surface area (Å²) in [5.41, 5.74) is -0.0515. The van der Waals surface area contributed by atoms with E-state index < -0.39 is 0 Å². The minimum Gasteiger partial charge on any atom is -0.348 e. The number of hydrogen-bond acceptors (Lipinski definition) is 2. The number of carbonyl (C=O) groups excluding carboxylic acids is 1. The van der Waals surface area contributed by atoms with Crippen molar-refractivity contribution in [1.82, 2.24) is 10.2 Å². The topological polar surface area (TPSA) is 32.3 Å². The van der Waals surface area contributed by atoms with E-state index in [1.165, 1.54) is 0 Å². The van der Waals surface area contributed by atoms with Gasteiger partial charge < -0.3 is 5.32 Å². The van der Waals surface area contributed by atoms with Gasteiger partial charge in [-0.2, -0.15) is 0 Å². The Morgan fingerprint density at radius 3 is 2.14 bits per heavy atom. The van der Waals surface area contributed by atoms with Crippen LogP contribution >= 0.6 is 0 Å². The third kappa shape index (κ3) is 1.92. The van der Waals surface area contributed by atoms with E-state index in [9.17, 15) is 4.79 Å². The predicted octanol–water partition coefficient (Wildman–Crippen LogP) is 1.10. The van der Waals surface area contributed by atoms with Gasteiger partial charge in [0.15, 0.2) is 0 Å². The van der Waals surface area contributed by atoms with Crippen LogP contribution in [-0.2, 0) is 4.79 Å². The fraction of sp³-hybridized carbons (Fsp3) is 0.909. The van der Waals surface area contributed by atoms with Gasteiger partial charge in [0.05, 0.1) is 12.1 Å². The molecule has 1 N–H and O–H groups in total. The molecule has 82 valence electrons. The molecule has 3 heteroatoms. The largest absolute Gasteiger partial charge is 0.348 e. The fourth-order valence-electron chi connectivity index (χ4n) is 2.41. The number of nitrogens with one attached hydrogen (secondary N) is 1. The molecule has 3 nitrogen and oxygen atoms in total. The van der Waals surface area contributed by atoms with Crippen molar-refractivity contribution in [3.8, 4) is 0 Å². The lowest BCUT2D eigenvalue weighted by Gasteiger charge is -2.47. The third-order valence-corrected chi connectivity index (χ3v) is 3.38. The molecule has 0 aromatic rings. The zero-order valence-corrected chi connectivity index (χ0v) is 9.92. The second kappa shape index (κ2) is 3.89. The molecule has 0 spiro atoms. The van der Waals surface area contributed by atoms with Crippen molar-refractivity contribution in [2.45, 2.75) is 33.2 Å². The van der Waals surface area contributed by atoms with Gasteiger partial charge in [-0.1, -0.05) is 27.7 Å². The molecule has 0 unspecified atom stereocenters. The lowest BCUT2D eigenvalue weighted by atomic mass is 9.75. The Labute approximate surface area is 86.9 Å². The molecular weight excluding hydrogens is 176 g/mol. The Bertz CT molecular complexity index is 215. The summed E-state index contributed by atoms with van der Waals surface area (Å²) in [6.45, 7) is 10.2. The van der Waals surface area contributed by atoms with Gasteiger partial charge in [0.2, 0.25) is 5.91 Å². The first-order chi connectivity index (χ1) is 6.38. The summed E-state index contributed by atoms with van der Waals surface area (Å²) in [7, 11) is 2.01. The van der Waals surface area contributed by atoms with Crippen molar-refractivity contribution in [3.05, 3.63) is 0 Å². The van der Waals surface area contributed by atoms with Crippen LogP contribution in [0.5, 0.6) is 0 Å². The Hall–Kier alpha value is -0.570. The maximum Gasteiger partial charge on any atom is 0.234 e. The first-order valence-electron chi connectivity index (χ1n) is 5.38. The monoisotopic (exact) mass is 198 g/mol. The van der Waals surface area contributed by atoms with Crippen LogP contribution < -0.4 is 5.32 Å². The molecule has 1 aliphatic heterocycles. The summed E-state index contributed by atoms with van der Waals surface area (Å²) in [4.78, 5) is 13.7. The quantitative estimate of drug-likeness (QED) is 0.720. The molecule has 1 amide bonds. The van der Waals surface area contributed by atoms with Crippen LogP contribution in [-0.4, -0.2) is 36.5 Å². The first-order valence-corrected chi connectivity index (χ1v) is 5.38. The molecule has 1 heterocycles. The number of rotatable bonds is 2. The lowest BCUT2D eigenvalue weighted by Crippen LogP contribution is -2.67. The summed E-state index contributed by atoms with van der Waals surface area (Å²) < 4.78 is 0. The molecule has 1 aliphatic rings. The summed E-state index contributed by atoms with van der Waals surface area (Å²) in [5, 5.41) is 3.18. The van der Waals surface area contributed by atoms with Gasteiger partial charge in [-0.05, 0) is 18.9 Å². The Morgan fingerprint density at radius 2 is 1.79 bits per heavy atom. The molecule has 0 bridgehead atoms. The highest BCUT2D eigenvalue weighted by Gasteiger charge is 2.42. The van der Waals surface area contributed by atoms with Gasteiger partial charge in [0.1, 0.15) is 0 Å². The second-order valence-corrected chi connectivity index (χ2v) is 5.07. The zero-order chi connectivity index (χ0) is 10.9. The van der Waals surface area contributed by atoms with Crippen molar-refractivity contribution in [2.75, 3.05) is 20.1 Å². The highest BCUT2D eigenvalue weighted by atomic mass is 16.2. The molecule has 0 radical (unpaired) electrons. The maximum absolute atomic E-state index is 11.5. The smallest absolute Gasteiger partial charge is 0.234 e. The van der Waals surface area contributed by atoms with Crippen molar-refractivity contribution < 1.29 is 4.79 Å². The van der Waals surface area contributed by atoms with E-state index in [4.69, 9.17) is 0 Å². The molecule has 0 aromatic carbocycles. The van der Waals surface area contributed by atoms with Crippen LogP contribution in [0.2, 0.25) is 0 Å².